The van der Waals surface area contributed by atoms with Gasteiger partial charge in [-0.2, -0.15) is 0 Å². The van der Waals surface area contributed by atoms with E-state index >= 15 is 0 Å². The van der Waals surface area contributed by atoms with Gasteiger partial charge < -0.3 is 44.7 Å². The van der Waals surface area contributed by atoms with E-state index in [2.05, 4.69) is 19.2 Å². The number of rotatable bonds is 26. The lowest BCUT2D eigenvalue weighted by atomic mass is 9.74. The van der Waals surface area contributed by atoms with Gasteiger partial charge in [-0.1, -0.05) is 65.2 Å². The van der Waals surface area contributed by atoms with Crippen LogP contribution in [0.2, 0.25) is 0 Å². The van der Waals surface area contributed by atoms with E-state index < -0.39 is 29.7 Å². The van der Waals surface area contributed by atoms with E-state index in [1.54, 1.807) is 13.8 Å². The van der Waals surface area contributed by atoms with Crippen LogP contribution in [0.5, 0.6) is 0 Å². The number of ether oxygens (including phenoxy) is 4. The van der Waals surface area contributed by atoms with Crippen molar-refractivity contribution in [2.75, 3.05) is 52.7 Å². The van der Waals surface area contributed by atoms with Crippen LogP contribution in [0.1, 0.15) is 124 Å². The van der Waals surface area contributed by atoms with E-state index in [9.17, 15) is 24.3 Å². The average molecular weight is 654 g/mol. The van der Waals surface area contributed by atoms with Crippen molar-refractivity contribution in [3.63, 3.8) is 0 Å². The fourth-order valence-electron chi connectivity index (χ4n) is 4.20. The monoisotopic (exact) mass is 653 g/mol. The first-order valence-corrected chi connectivity index (χ1v) is 16.6. The number of aliphatic hydroxyl groups is 2. The molecule has 0 spiro atoms. The molecule has 0 heterocycles. The summed E-state index contributed by atoms with van der Waals surface area (Å²) in [6.07, 6.45) is 9.79. The van der Waals surface area contributed by atoms with Crippen LogP contribution in [0.15, 0.2) is 0 Å². The Hall–Kier alpha value is -2.64. The Kier molecular flexibility index (Phi) is 37.2. The number of carboxylic acids is 2. The van der Waals surface area contributed by atoms with Gasteiger partial charge in [0.2, 0.25) is 0 Å². The highest BCUT2D eigenvalue weighted by Crippen LogP contribution is 2.37. The number of carbonyl (C=O) groups is 4. The molecule has 0 aliphatic carbocycles. The molecule has 45 heavy (non-hydrogen) atoms. The van der Waals surface area contributed by atoms with Gasteiger partial charge in [0.15, 0.2) is 0 Å². The van der Waals surface area contributed by atoms with Crippen LogP contribution in [-0.2, 0) is 28.5 Å². The summed E-state index contributed by atoms with van der Waals surface area (Å²) in [7, 11) is 0. The molecular formula is C32H63NO12. The summed E-state index contributed by atoms with van der Waals surface area (Å²) < 4.78 is 19.8. The molecule has 0 amide bonds. The molecule has 0 aromatic rings. The Balaban J connectivity index is -0.00000270. The van der Waals surface area contributed by atoms with Crippen LogP contribution in [0.25, 0.3) is 0 Å². The molecule has 0 unspecified atom stereocenters. The maximum absolute atomic E-state index is 12.3. The van der Waals surface area contributed by atoms with E-state index in [4.69, 9.17) is 34.3 Å². The second-order valence-corrected chi connectivity index (χ2v) is 10.4. The fraction of sp³-hybridized carbons (Fsp3) is 0.875. The van der Waals surface area contributed by atoms with Gasteiger partial charge in [0.25, 0.3) is 0 Å². The van der Waals surface area contributed by atoms with Crippen LogP contribution in [0.4, 0.5) is 9.59 Å². The standard InChI is InChI=1S/C28H51NO10.2C2H6O/c1-3-5-7-10-15-28(25(32)33,16-11-8-6-4-2)17-13-21-37-27(35)39-23-19-29-18-22-38-26(34)36-20-12-9-14-24(30)31;2*1-2-3/h29H,3-23H2,1-2H3,(H,30,31)(H,32,33);2*3H,2H2,1H3. The van der Waals surface area contributed by atoms with Crippen LogP contribution >= 0.6 is 0 Å². The molecule has 0 saturated carbocycles. The molecule has 0 aromatic heterocycles. The van der Waals surface area contributed by atoms with Gasteiger partial charge in [0.05, 0.1) is 18.6 Å². The molecule has 0 aliphatic heterocycles. The third-order valence-electron chi connectivity index (χ3n) is 6.49. The smallest absolute Gasteiger partial charge is 0.481 e. The maximum Gasteiger partial charge on any atom is 0.508 e. The predicted molar refractivity (Wildman–Crippen MR) is 171 cm³/mol. The van der Waals surface area contributed by atoms with Crippen molar-refractivity contribution >= 4 is 24.2 Å². The van der Waals surface area contributed by atoms with Gasteiger partial charge in [0, 0.05) is 32.7 Å². The Bertz CT molecular complexity index is 692. The Morgan fingerprint density at radius 1 is 0.556 bits per heavy atom. The molecule has 268 valence electrons. The van der Waals surface area contributed by atoms with Gasteiger partial charge in [-0.05, 0) is 52.4 Å². The SMILES string of the molecule is CCCCCCC(CCCCCC)(CCCOC(=O)OCCNCCOC(=O)OCCCCC(=O)O)C(=O)O.CCO.CCO. The minimum absolute atomic E-state index is 0.0295. The van der Waals surface area contributed by atoms with Crippen LogP contribution < -0.4 is 5.32 Å². The van der Waals surface area contributed by atoms with Gasteiger partial charge in [-0.15, -0.1) is 0 Å². The van der Waals surface area contributed by atoms with Crippen molar-refractivity contribution < 1.29 is 58.6 Å². The van der Waals surface area contributed by atoms with Crippen molar-refractivity contribution in [3.05, 3.63) is 0 Å². The van der Waals surface area contributed by atoms with E-state index in [1.807, 2.05) is 0 Å². The number of hydrogen-bond donors (Lipinski definition) is 5. The Morgan fingerprint density at radius 2 is 0.956 bits per heavy atom. The first kappa shape index (κ1) is 46.8. The summed E-state index contributed by atoms with van der Waals surface area (Å²) >= 11 is 0. The van der Waals surface area contributed by atoms with E-state index in [1.165, 1.54) is 0 Å². The second kappa shape index (κ2) is 35.8. The van der Waals surface area contributed by atoms with Gasteiger partial charge >= 0.3 is 24.2 Å². The lowest BCUT2D eigenvalue weighted by Gasteiger charge is -2.30. The summed E-state index contributed by atoms with van der Waals surface area (Å²) in [5.41, 5.74) is -0.770. The lowest BCUT2D eigenvalue weighted by molar-refractivity contribution is -0.151. The summed E-state index contributed by atoms with van der Waals surface area (Å²) in [5.74, 6) is -1.64. The third-order valence-corrected chi connectivity index (χ3v) is 6.49. The molecule has 0 aliphatic rings. The van der Waals surface area contributed by atoms with E-state index in [0.29, 0.717) is 51.6 Å². The van der Waals surface area contributed by atoms with Crippen LogP contribution in [0.3, 0.4) is 0 Å². The van der Waals surface area contributed by atoms with Crippen molar-refractivity contribution in [2.24, 2.45) is 5.41 Å². The molecule has 5 N–H and O–H groups in total. The predicted octanol–water partition coefficient (Wildman–Crippen LogP) is 5.93. The zero-order valence-corrected chi connectivity index (χ0v) is 28.3. The van der Waals surface area contributed by atoms with Crippen molar-refractivity contribution in [1.82, 2.24) is 5.32 Å². The number of unbranched alkanes of at least 4 members (excludes halogenated alkanes) is 7. The quantitative estimate of drug-likeness (QED) is 0.0544. The topological polar surface area (TPSA) is 198 Å². The van der Waals surface area contributed by atoms with Crippen LogP contribution in [-0.4, -0.2) is 97.4 Å². The van der Waals surface area contributed by atoms with Crippen molar-refractivity contribution in [3.8, 4) is 0 Å². The summed E-state index contributed by atoms with van der Waals surface area (Å²) in [5, 5.41) is 36.7. The number of aliphatic carboxylic acids is 2. The molecule has 0 radical (unpaired) electrons. The normalized spacial score (nSPS) is 10.4. The molecule has 0 saturated heterocycles. The number of aliphatic hydroxyl groups excluding tert-OH is 2. The molecule has 0 atom stereocenters. The number of carboxylic acid groups (broad SMARTS) is 2. The highest BCUT2D eigenvalue weighted by molar-refractivity contribution is 5.74. The molecule has 0 fully saturated rings. The largest absolute Gasteiger partial charge is 0.508 e. The highest BCUT2D eigenvalue weighted by atomic mass is 16.7. The molecular weight excluding hydrogens is 590 g/mol. The highest BCUT2D eigenvalue weighted by Gasteiger charge is 2.36. The third kappa shape index (κ3) is 34.1. The summed E-state index contributed by atoms with van der Waals surface area (Å²) in [6.45, 7) is 9.14. The number of hydrogen-bond acceptors (Lipinski definition) is 11. The van der Waals surface area contributed by atoms with Gasteiger partial charge in [-0.25, -0.2) is 9.59 Å². The van der Waals surface area contributed by atoms with Gasteiger partial charge in [0.1, 0.15) is 13.2 Å². The first-order chi connectivity index (χ1) is 21.6. The number of carbonyl (C=O) groups excluding carboxylic acids is 2. The molecule has 13 nitrogen and oxygen atoms in total. The van der Waals surface area contributed by atoms with E-state index in [-0.39, 0.29) is 46.1 Å². The van der Waals surface area contributed by atoms with Crippen molar-refractivity contribution in [1.29, 1.82) is 0 Å². The molecule has 13 heteroatoms. The Labute approximate surface area is 270 Å². The summed E-state index contributed by atoms with van der Waals surface area (Å²) in [6, 6.07) is 0. The maximum atomic E-state index is 12.3. The lowest BCUT2D eigenvalue weighted by Crippen LogP contribution is -2.32. The first-order valence-electron chi connectivity index (χ1n) is 16.6. The average Bonchev–Trinajstić information content (AvgIpc) is 2.99. The minimum atomic E-state index is -0.889. The second-order valence-electron chi connectivity index (χ2n) is 10.4. The fourth-order valence-corrected chi connectivity index (χ4v) is 4.20. The van der Waals surface area contributed by atoms with E-state index in [0.717, 1.165) is 51.4 Å². The molecule has 0 aromatic carbocycles. The zero-order valence-electron chi connectivity index (χ0n) is 28.3. The Morgan fingerprint density at radius 3 is 1.36 bits per heavy atom. The van der Waals surface area contributed by atoms with Crippen LogP contribution in [0, 0.1) is 5.41 Å². The molecule has 0 bridgehead atoms. The van der Waals surface area contributed by atoms with Crippen molar-refractivity contribution in [2.45, 2.75) is 124 Å². The zero-order chi connectivity index (χ0) is 34.6. The van der Waals surface area contributed by atoms with Gasteiger partial charge in [-0.3, -0.25) is 9.59 Å². The molecule has 0 rings (SSSR count). The summed E-state index contributed by atoms with van der Waals surface area (Å²) in [4.78, 5) is 45.9. The minimum Gasteiger partial charge on any atom is -0.481 e. The number of nitrogens with one attached hydrogen (secondary N) is 1.